The number of hydrogen-bond acceptors (Lipinski definition) is 4. The third-order valence-electron chi connectivity index (χ3n) is 2.57. The molecule has 7 nitrogen and oxygen atoms in total. The first-order valence-corrected chi connectivity index (χ1v) is 7.53. The van der Waals surface area contributed by atoms with Crippen molar-refractivity contribution in [2.45, 2.75) is 6.92 Å². The maximum atomic E-state index is 11.9. The van der Waals surface area contributed by atoms with Crippen molar-refractivity contribution < 1.29 is 13.2 Å². The lowest BCUT2D eigenvalue weighted by Crippen LogP contribution is -2.34. The molecule has 0 radical (unpaired) electrons. The lowest BCUT2D eigenvalue weighted by atomic mass is 10.3. The predicted octanol–water partition coefficient (Wildman–Crippen LogP) is 0.00312. The average molecular weight is 309 g/mol. The van der Waals surface area contributed by atoms with Crippen LogP contribution in [0.4, 0.5) is 0 Å². The number of aromatic nitrogens is 2. The van der Waals surface area contributed by atoms with E-state index in [0.717, 1.165) is 4.31 Å². The fourth-order valence-electron chi connectivity index (χ4n) is 1.44. The van der Waals surface area contributed by atoms with E-state index >= 15 is 0 Å². The van der Waals surface area contributed by atoms with Crippen LogP contribution in [0.5, 0.6) is 0 Å². The Morgan fingerprint density at radius 1 is 1.47 bits per heavy atom. The molecule has 0 aliphatic carbocycles. The Bertz CT molecular complexity index is 580. The summed E-state index contributed by atoms with van der Waals surface area (Å²) >= 11 is 5.96. The predicted molar refractivity (Wildman–Crippen MR) is 72.8 cm³/mol. The lowest BCUT2D eigenvalue weighted by Gasteiger charge is -2.11. The summed E-state index contributed by atoms with van der Waals surface area (Å²) in [5.74, 6) is -0.609. The van der Waals surface area contributed by atoms with Gasteiger partial charge in [0.05, 0.1) is 16.5 Å². The van der Waals surface area contributed by atoms with Gasteiger partial charge in [0.1, 0.15) is 5.69 Å². The van der Waals surface area contributed by atoms with E-state index in [4.69, 9.17) is 11.6 Å². The maximum absolute atomic E-state index is 11.9. The van der Waals surface area contributed by atoms with Crippen LogP contribution < -0.4 is 5.32 Å². The molecule has 0 aliphatic heterocycles. The van der Waals surface area contributed by atoms with E-state index in [1.54, 1.807) is 14.0 Å². The number of nitrogens with zero attached hydrogens (tertiary/aromatic N) is 3. The first-order chi connectivity index (χ1) is 8.66. The molecule has 0 unspecified atom stereocenters. The van der Waals surface area contributed by atoms with Crippen molar-refractivity contribution in [2.24, 2.45) is 7.05 Å². The third kappa shape index (κ3) is 3.68. The number of nitrogens with one attached hydrogen (secondary N) is 1. The van der Waals surface area contributed by atoms with Crippen LogP contribution in [0.1, 0.15) is 16.2 Å². The second-order valence-electron chi connectivity index (χ2n) is 4.23. The Kier molecular flexibility index (Phi) is 4.94. The topological polar surface area (TPSA) is 84.3 Å². The van der Waals surface area contributed by atoms with Gasteiger partial charge in [-0.15, -0.1) is 0 Å². The second kappa shape index (κ2) is 5.89. The maximum Gasteiger partial charge on any atom is 0.271 e. The Labute approximate surface area is 117 Å². The second-order valence-corrected chi connectivity index (χ2v) is 6.91. The standard InChI is InChI=1S/C10H17ClN4O3S/c1-7-8(11)9(15(4)13-7)10(16)12-5-6-19(17,18)14(2)3/h5-6H2,1-4H3,(H,12,16). The summed E-state index contributed by atoms with van der Waals surface area (Å²) in [4.78, 5) is 11.9. The number of sulfonamides is 1. The fraction of sp³-hybridized carbons (Fsp3) is 0.600. The molecule has 0 saturated carbocycles. The molecule has 0 spiro atoms. The number of carbonyl (C=O) groups excluding carboxylic acids is 1. The minimum Gasteiger partial charge on any atom is -0.350 e. The molecule has 19 heavy (non-hydrogen) atoms. The van der Waals surface area contributed by atoms with Crippen LogP contribution in [-0.4, -0.2) is 54.8 Å². The van der Waals surface area contributed by atoms with Crippen molar-refractivity contribution in [3.8, 4) is 0 Å². The van der Waals surface area contributed by atoms with Gasteiger partial charge in [-0.1, -0.05) is 11.6 Å². The number of amides is 1. The summed E-state index contributed by atoms with van der Waals surface area (Å²) in [6, 6.07) is 0. The van der Waals surface area contributed by atoms with E-state index in [1.165, 1.54) is 18.8 Å². The number of halogens is 1. The van der Waals surface area contributed by atoms with Gasteiger partial charge in [0.15, 0.2) is 0 Å². The van der Waals surface area contributed by atoms with Crippen LogP contribution in [0.25, 0.3) is 0 Å². The SMILES string of the molecule is Cc1nn(C)c(C(=O)NCCS(=O)(=O)N(C)C)c1Cl. The molecule has 1 amide bonds. The minimum absolute atomic E-state index is 0.0138. The largest absolute Gasteiger partial charge is 0.350 e. The first-order valence-electron chi connectivity index (χ1n) is 5.54. The normalized spacial score (nSPS) is 11.9. The smallest absolute Gasteiger partial charge is 0.271 e. The zero-order valence-corrected chi connectivity index (χ0v) is 12.8. The van der Waals surface area contributed by atoms with E-state index in [1.807, 2.05) is 0 Å². The molecule has 0 fully saturated rings. The highest BCUT2D eigenvalue weighted by Crippen LogP contribution is 2.18. The summed E-state index contributed by atoms with van der Waals surface area (Å²) in [6.07, 6.45) is 0. The fourth-order valence-corrected chi connectivity index (χ4v) is 2.41. The summed E-state index contributed by atoms with van der Waals surface area (Å²) < 4.78 is 25.5. The Morgan fingerprint density at radius 3 is 2.47 bits per heavy atom. The van der Waals surface area contributed by atoms with Gasteiger partial charge in [-0.2, -0.15) is 5.10 Å². The average Bonchev–Trinajstić information content (AvgIpc) is 2.52. The Morgan fingerprint density at radius 2 is 2.05 bits per heavy atom. The van der Waals surface area contributed by atoms with Crippen molar-refractivity contribution in [1.29, 1.82) is 0 Å². The molecule has 1 heterocycles. The van der Waals surface area contributed by atoms with E-state index in [-0.39, 0.29) is 23.0 Å². The molecule has 1 aromatic rings. The summed E-state index contributed by atoms with van der Waals surface area (Å²) in [5, 5.41) is 6.80. The first kappa shape index (κ1) is 15.9. The Hall–Kier alpha value is -1.12. The molecule has 1 aromatic heterocycles. The van der Waals surface area contributed by atoms with Gasteiger partial charge < -0.3 is 5.32 Å². The molecule has 108 valence electrons. The Balaban J connectivity index is 2.67. The van der Waals surface area contributed by atoms with Crippen molar-refractivity contribution in [3.63, 3.8) is 0 Å². The molecule has 0 aromatic carbocycles. The van der Waals surface area contributed by atoms with Gasteiger partial charge in [0.25, 0.3) is 5.91 Å². The van der Waals surface area contributed by atoms with Gasteiger partial charge in [-0.05, 0) is 6.92 Å². The molecular weight excluding hydrogens is 292 g/mol. The molecule has 9 heteroatoms. The van der Waals surface area contributed by atoms with Gasteiger partial charge in [0, 0.05) is 27.7 Å². The summed E-state index contributed by atoms with van der Waals surface area (Å²) in [5.41, 5.74) is 0.775. The van der Waals surface area contributed by atoms with Gasteiger partial charge in [0.2, 0.25) is 10.0 Å². The molecule has 0 atom stereocenters. The highest BCUT2D eigenvalue weighted by Gasteiger charge is 2.19. The molecular formula is C10H17ClN4O3S. The van der Waals surface area contributed by atoms with Gasteiger partial charge in [-0.25, -0.2) is 12.7 Å². The van der Waals surface area contributed by atoms with E-state index in [9.17, 15) is 13.2 Å². The van der Waals surface area contributed by atoms with E-state index in [2.05, 4.69) is 10.4 Å². The monoisotopic (exact) mass is 308 g/mol. The van der Waals surface area contributed by atoms with E-state index in [0.29, 0.717) is 5.69 Å². The lowest BCUT2D eigenvalue weighted by molar-refractivity contribution is 0.0947. The van der Waals surface area contributed by atoms with Crippen LogP contribution in [0.15, 0.2) is 0 Å². The molecule has 0 saturated heterocycles. The zero-order chi connectivity index (χ0) is 14.8. The third-order valence-corrected chi connectivity index (χ3v) is 4.85. The van der Waals surface area contributed by atoms with Crippen LogP contribution in [0.2, 0.25) is 5.02 Å². The number of rotatable bonds is 5. The number of aryl methyl sites for hydroxylation is 2. The van der Waals surface area contributed by atoms with Gasteiger partial charge >= 0.3 is 0 Å². The molecule has 0 aliphatic rings. The summed E-state index contributed by atoms with van der Waals surface area (Å²) in [6.45, 7) is 1.70. The molecule has 1 N–H and O–H groups in total. The van der Waals surface area contributed by atoms with Crippen LogP contribution in [0.3, 0.4) is 0 Å². The minimum atomic E-state index is -3.33. The van der Waals surface area contributed by atoms with Crippen LogP contribution in [-0.2, 0) is 17.1 Å². The number of carbonyl (C=O) groups is 1. The highest BCUT2D eigenvalue weighted by molar-refractivity contribution is 7.89. The van der Waals surface area contributed by atoms with Crippen molar-refractivity contribution in [1.82, 2.24) is 19.4 Å². The van der Waals surface area contributed by atoms with Crippen molar-refractivity contribution in [3.05, 3.63) is 16.4 Å². The van der Waals surface area contributed by atoms with Crippen molar-refractivity contribution in [2.75, 3.05) is 26.4 Å². The number of hydrogen-bond donors (Lipinski definition) is 1. The zero-order valence-electron chi connectivity index (χ0n) is 11.3. The quantitative estimate of drug-likeness (QED) is 0.830. The highest BCUT2D eigenvalue weighted by atomic mass is 35.5. The van der Waals surface area contributed by atoms with Crippen LogP contribution in [0, 0.1) is 6.92 Å². The van der Waals surface area contributed by atoms with E-state index < -0.39 is 15.9 Å². The summed E-state index contributed by atoms with van der Waals surface area (Å²) in [7, 11) is 1.16. The van der Waals surface area contributed by atoms with Crippen molar-refractivity contribution >= 4 is 27.5 Å². The molecule has 0 bridgehead atoms. The molecule has 1 rings (SSSR count). The van der Waals surface area contributed by atoms with Gasteiger partial charge in [-0.3, -0.25) is 9.48 Å². The van der Waals surface area contributed by atoms with Crippen LogP contribution >= 0.6 is 11.6 Å².